The molecule has 5 nitrogen and oxygen atoms in total. The standard InChI is InChI=1S/C12H13N5S/c1-8-14-12(18-16-8)17-10-5-3-2-4-9(10)15-11(17)6-7-13/h2-5H,6-7,13H2,1H3. The van der Waals surface area contributed by atoms with Crippen LogP contribution in [0.4, 0.5) is 0 Å². The van der Waals surface area contributed by atoms with Gasteiger partial charge in [-0.1, -0.05) is 12.1 Å². The summed E-state index contributed by atoms with van der Waals surface area (Å²) < 4.78 is 6.28. The lowest BCUT2D eigenvalue weighted by atomic mass is 10.3. The number of benzene rings is 1. The molecule has 3 rings (SSSR count). The Balaban J connectivity index is 2.27. The van der Waals surface area contributed by atoms with Crippen molar-refractivity contribution in [2.45, 2.75) is 13.3 Å². The highest BCUT2D eigenvalue weighted by Crippen LogP contribution is 2.22. The first kappa shape index (κ1) is 11.3. The minimum atomic E-state index is 0.571. The van der Waals surface area contributed by atoms with E-state index in [2.05, 4.69) is 14.3 Å². The Hall–Kier alpha value is -1.79. The molecule has 1 aromatic carbocycles. The summed E-state index contributed by atoms with van der Waals surface area (Å²) in [5.41, 5.74) is 7.67. The number of aromatic nitrogens is 4. The van der Waals surface area contributed by atoms with Crippen LogP contribution >= 0.6 is 11.5 Å². The maximum Gasteiger partial charge on any atom is 0.215 e. The first-order valence-electron chi connectivity index (χ1n) is 5.76. The number of rotatable bonds is 3. The Kier molecular flexibility index (Phi) is 2.81. The second kappa shape index (κ2) is 4.47. The molecule has 0 aliphatic heterocycles. The number of aryl methyl sites for hydroxylation is 1. The predicted molar refractivity (Wildman–Crippen MR) is 72.0 cm³/mol. The molecule has 2 aromatic heterocycles. The fourth-order valence-electron chi connectivity index (χ4n) is 1.96. The van der Waals surface area contributed by atoms with E-state index in [1.807, 2.05) is 35.8 Å². The zero-order valence-corrected chi connectivity index (χ0v) is 10.8. The van der Waals surface area contributed by atoms with Gasteiger partial charge in [0.2, 0.25) is 5.13 Å². The Bertz CT molecular complexity index is 685. The van der Waals surface area contributed by atoms with Crippen LogP contribution in [0.25, 0.3) is 16.2 Å². The van der Waals surface area contributed by atoms with E-state index in [4.69, 9.17) is 5.73 Å². The molecule has 3 aromatic rings. The van der Waals surface area contributed by atoms with Crippen LogP contribution in [0.3, 0.4) is 0 Å². The highest BCUT2D eigenvalue weighted by atomic mass is 32.1. The first-order chi connectivity index (χ1) is 8.79. The van der Waals surface area contributed by atoms with E-state index in [9.17, 15) is 0 Å². The minimum absolute atomic E-state index is 0.571. The number of nitrogens with zero attached hydrogens (tertiary/aromatic N) is 4. The monoisotopic (exact) mass is 259 g/mol. The van der Waals surface area contributed by atoms with Crippen LogP contribution in [-0.4, -0.2) is 25.5 Å². The first-order valence-corrected chi connectivity index (χ1v) is 6.54. The average molecular weight is 259 g/mol. The molecule has 6 heteroatoms. The van der Waals surface area contributed by atoms with Crippen LogP contribution < -0.4 is 5.73 Å². The van der Waals surface area contributed by atoms with Gasteiger partial charge in [-0.25, -0.2) is 9.97 Å². The Morgan fingerprint density at radius 2 is 2.11 bits per heavy atom. The van der Waals surface area contributed by atoms with Crippen LogP contribution in [0.5, 0.6) is 0 Å². The summed E-state index contributed by atoms with van der Waals surface area (Å²) in [6.07, 6.45) is 0.729. The van der Waals surface area contributed by atoms with E-state index in [0.717, 1.165) is 34.2 Å². The van der Waals surface area contributed by atoms with Gasteiger partial charge in [-0.15, -0.1) is 0 Å². The van der Waals surface area contributed by atoms with Crippen molar-refractivity contribution in [3.63, 3.8) is 0 Å². The Morgan fingerprint density at radius 1 is 1.28 bits per heavy atom. The Morgan fingerprint density at radius 3 is 2.83 bits per heavy atom. The molecule has 0 spiro atoms. The average Bonchev–Trinajstić information content (AvgIpc) is 2.92. The largest absolute Gasteiger partial charge is 0.330 e. The van der Waals surface area contributed by atoms with Crippen molar-refractivity contribution in [2.75, 3.05) is 6.54 Å². The van der Waals surface area contributed by atoms with Crippen LogP contribution in [0.1, 0.15) is 11.6 Å². The topological polar surface area (TPSA) is 69.6 Å². The summed E-state index contributed by atoms with van der Waals surface area (Å²) in [5.74, 6) is 1.72. The lowest BCUT2D eigenvalue weighted by Crippen LogP contribution is -2.08. The Labute approximate surface area is 108 Å². The molecule has 0 amide bonds. The molecule has 0 atom stereocenters. The zero-order valence-electron chi connectivity index (χ0n) is 10.00. The zero-order chi connectivity index (χ0) is 12.5. The van der Waals surface area contributed by atoms with Crippen molar-refractivity contribution in [1.29, 1.82) is 0 Å². The number of nitrogens with two attached hydrogens (primary N) is 1. The molecule has 2 heterocycles. The lowest BCUT2D eigenvalue weighted by molar-refractivity contribution is 0.842. The number of fused-ring (bicyclic) bond motifs is 1. The second-order valence-electron chi connectivity index (χ2n) is 4.01. The summed E-state index contributed by atoms with van der Waals surface area (Å²) in [6.45, 7) is 2.46. The maximum absolute atomic E-state index is 5.65. The van der Waals surface area contributed by atoms with Crippen molar-refractivity contribution >= 4 is 22.6 Å². The molecule has 0 unspecified atom stereocenters. The number of para-hydroxylation sites is 2. The van der Waals surface area contributed by atoms with E-state index in [-0.39, 0.29) is 0 Å². The van der Waals surface area contributed by atoms with Crippen LogP contribution in [0, 0.1) is 6.92 Å². The quantitative estimate of drug-likeness (QED) is 0.777. The summed E-state index contributed by atoms with van der Waals surface area (Å²) >= 11 is 1.38. The molecule has 0 aliphatic rings. The third-order valence-electron chi connectivity index (χ3n) is 2.71. The number of hydrogen-bond donors (Lipinski definition) is 1. The number of hydrogen-bond acceptors (Lipinski definition) is 5. The van der Waals surface area contributed by atoms with Gasteiger partial charge in [0.15, 0.2) is 0 Å². The molecule has 0 fully saturated rings. The van der Waals surface area contributed by atoms with Gasteiger partial charge in [0.05, 0.1) is 11.0 Å². The summed E-state index contributed by atoms with van der Waals surface area (Å²) in [7, 11) is 0. The van der Waals surface area contributed by atoms with Crippen molar-refractivity contribution in [2.24, 2.45) is 5.73 Å². The second-order valence-corrected chi connectivity index (χ2v) is 4.75. The SMILES string of the molecule is Cc1nsc(-n2c(CCN)nc3ccccc32)n1. The van der Waals surface area contributed by atoms with Gasteiger partial charge in [0.1, 0.15) is 11.6 Å². The van der Waals surface area contributed by atoms with Crippen molar-refractivity contribution < 1.29 is 0 Å². The minimum Gasteiger partial charge on any atom is -0.330 e. The summed E-state index contributed by atoms with van der Waals surface area (Å²) in [5, 5.41) is 0.852. The van der Waals surface area contributed by atoms with E-state index in [1.165, 1.54) is 11.5 Å². The van der Waals surface area contributed by atoms with Crippen LogP contribution in [0.2, 0.25) is 0 Å². The third-order valence-corrected chi connectivity index (χ3v) is 3.50. The van der Waals surface area contributed by atoms with Crippen LogP contribution in [-0.2, 0) is 6.42 Å². The number of imidazole rings is 1. The van der Waals surface area contributed by atoms with Crippen LogP contribution in [0.15, 0.2) is 24.3 Å². The van der Waals surface area contributed by atoms with E-state index < -0.39 is 0 Å². The fourth-order valence-corrected chi connectivity index (χ4v) is 2.68. The molecule has 18 heavy (non-hydrogen) atoms. The molecular weight excluding hydrogens is 246 g/mol. The smallest absolute Gasteiger partial charge is 0.215 e. The van der Waals surface area contributed by atoms with Gasteiger partial charge in [-0.05, 0) is 25.6 Å². The molecule has 0 aliphatic carbocycles. The normalized spacial score (nSPS) is 11.2. The van der Waals surface area contributed by atoms with Gasteiger partial charge in [0, 0.05) is 18.0 Å². The molecule has 0 radical (unpaired) electrons. The molecule has 0 bridgehead atoms. The third kappa shape index (κ3) is 1.79. The molecule has 0 saturated carbocycles. The highest BCUT2D eigenvalue weighted by molar-refractivity contribution is 7.08. The summed E-state index contributed by atoms with van der Waals surface area (Å²) in [6, 6.07) is 8.02. The predicted octanol–water partition coefficient (Wildman–Crippen LogP) is 1.69. The summed E-state index contributed by atoms with van der Waals surface area (Å²) in [4.78, 5) is 9.05. The van der Waals surface area contributed by atoms with E-state index >= 15 is 0 Å². The van der Waals surface area contributed by atoms with E-state index in [0.29, 0.717) is 6.54 Å². The van der Waals surface area contributed by atoms with Gasteiger partial charge < -0.3 is 5.73 Å². The fraction of sp³-hybridized carbons (Fsp3) is 0.250. The van der Waals surface area contributed by atoms with E-state index in [1.54, 1.807) is 0 Å². The van der Waals surface area contributed by atoms with Crippen molar-refractivity contribution in [3.05, 3.63) is 35.9 Å². The van der Waals surface area contributed by atoms with Gasteiger partial charge in [0.25, 0.3) is 0 Å². The molecule has 92 valence electrons. The maximum atomic E-state index is 5.65. The van der Waals surface area contributed by atoms with Gasteiger partial charge >= 0.3 is 0 Å². The van der Waals surface area contributed by atoms with Crippen molar-refractivity contribution in [1.82, 2.24) is 18.9 Å². The van der Waals surface area contributed by atoms with Gasteiger partial charge in [-0.3, -0.25) is 4.57 Å². The molecule has 0 saturated heterocycles. The lowest BCUT2D eigenvalue weighted by Gasteiger charge is -2.03. The van der Waals surface area contributed by atoms with Gasteiger partial charge in [-0.2, -0.15) is 4.37 Å². The highest BCUT2D eigenvalue weighted by Gasteiger charge is 2.14. The molecular formula is C12H13N5S. The molecule has 2 N–H and O–H groups in total. The van der Waals surface area contributed by atoms with Crippen molar-refractivity contribution in [3.8, 4) is 5.13 Å².